The molecule has 0 atom stereocenters. The van der Waals surface area contributed by atoms with E-state index in [0.29, 0.717) is 17.7 Å². The number of nitrogens with zero attached hydrogens (tertiary/aromatic N) is 2. The van der Waals surface area contributed by atoms with Crippen LogP contribution in [0.1, 0.15) is 30.9 Å². The van der Waals surface area contributed by atoms with Gasteiger partial charge in [0.2, 0.25) is 0 Å². The van der Waals surface area contributed by atoms with Crippen molar-refractivity contribution in [2.45, 2.75) is 26.3 Å². The maximum atomic E-state index is 14.2. The Balaban J connectivity index is 2.13. The summed E-state index contributed by atoms with van der Waals surface area (Å²) in [5, 5.41) is 7.37. The van der Waals surface area contributed by atoms with E-state index in [4.69, 9.17) is 11.1 Å². The number of halogens is 1. The van der Waals surface area contributed by atoms with Crippen LogP contribution in [0.2, 0.25) is 0 Å². The Kier molecular flexibility index (Phi) is 5.79. The monoisotopic (exact) mass is 316 g/mol. The molecule has 0 radical (unpaired) electrons. The van der Waals surface area contributed by atoms with Gasteiger partial charge in [-0.3, -0.25) is 5.41 Å². The van der Waals surface area contributed by atoms with Gasteiger partial charge in [0, 0.05) is 37.8 Å². The summed E-state index contributed by atoms with van der Waals surface area (Å²) >= 11 is 0. The zero-order valence-electron chi connectivity index (χ0n) is 13.8. The van der Waals surface area contributed by atoms with Crippen LogP contribution in [0, 0.1) is 11.2 Å². The van der Waals surface area contributed by atoms with Crippen LogP contribution in [-0.2, 0) is 6.54 Å². The normalized spacial score (nSPS) is 16.7. The number of hydrogen-bond donors (Lipinski definition) is 2. The number of nitrogens with two attached hydrogens (primary N) is 1. The Morgan fingerprint density at radius 3 is 2.83 bits per heavy atom. The van der Waals surface area contributed by atoms with E-state index in [9.17, 15) is 4.39 Å². The summed E-state index contributed by atoms with van der Waals surface area (Å²) in [7, 11) is 2.05. The molecule has 1 aliphatic rings. The molecule has 0 bridgehead atoms. The van der Waals surface area contributed by atoms with Gasteiger partial charge in [0.1, 0.15) is 17.5 Å². The highest BCUT2D eigenvalue weighted by Crippen LogP contribution is 2.21. The number of likely N-dealkylation sites (N-methyl/N-ethyl adjacent to an activating group) is 1. The van der Waals surface area contributed by atoms with Crippen LogP contribution in [0.15, 0.2) is 42.2 Å². The Labute approximate surface area is 137 Å². The van der Waals surface area contributed by atoms with Gasteiger partial charge in [0.05, 0.1) is 0 Å². The zero-order valence-corrected chi connectivity index (χ0v) is 13.8. The Morgan fingerprint density at radius 2 is 2.17 bits per heavy atom. The topological polar surface area (TPSA) is 56.4 Å². The molecule has 4 nitrogen and oxygen atoms in total. The van der Waals surface area contributed by atoms with Crippen molar-refractivity contribution in [1.82, 2.24) is 9.80 Å². The predicted molar refractivity (Wildman–Crippen MR) is 92.6 cm³/mol. The quantitative estimate of drug-likeness (QED) is 0.626. The molecule has 2 rings (SSSR count). The van der Waals surface area contributed by atoms with E-state index in [1.807, 2.05) is 0 Å². The lowest BCUT2D eigenvalue weighted by Gasteiger charge is -2.22. The molecule has 5 heteroatoms. The zero-order chi connectivity index (χ0) is 16.8. The van der Waals surface area contributed by atoms with Gasteiger partial charge in [-0.15, -0.1) is 0 Å². The molecule has 23 heavy (non-hydrogen) atoms. The molecule has 1 aliphatic heterocycles. The second-order valence-electron chi connectivity index (χ2n) is 5.80. The van der Waals surface area contributed by atoms with Crippen molar-refractivity contribution in [1.29, 1.82) is 5.41 Å². The highest BCUT2D eigenvalue weighted by molar-refractivity contribution is 5.94. The number of allylic oxidation sites excluding steroid dienone is 3. The predicted octanol–water partition coefficient (Wildman–Crippen LogP) is 3.05. The maximum absolute atomic E-state index is 14.2. The van der Waals surface area contributed by atoms with Crippen LogP contribution < -0.4 is 5.73 Å². The standard InChI is InChI=1S/C18H25FN4/c1-3-4-5-6-7-17-22(2)10-11-23(17)13-15-9-8-14(18(20)21)12-16(15)19/h5-9,12H,3-4,10-11,13H2,1-2H3,(H3,20,21)/b6-5-,17-7+. The average Bonchev–Trinajstić information content (AvgIpc) is 2.86. The number of rotatable bonds is 6. The van der Waals surface area contributed by atoms with Gasteiger partial charge >= 0.3 is 0 Å². The van der Waals surface area contributed by atoms with E-state index in [-0.39, 0.29) is 11.7 Å². The van der Waals surface area contributed by atoms with Crippen LogP contribution in [-0.4, -0.2) is 35.8 Å². The minimum Gasteiger partial charge on any atom is -0.384 e. The molecule has 1 aromatic carbocycles. The molecular weight excluding hydrogens is 291 g/mol. The molecule has 1 aromatic rings. The molecule has 1 heterocycles. The highest BCUT2D eigenvalue weighted by Gasteiger charge is 2.22. The number of hydrogen-bond acceptors (Lipinski definition) is 3. The largest absolute Gasteiger partial charge is 0.384 e. The molecule has 3 N–H and O–H groups in total. The average molecular weight is 316 g/mol. The SMILES string of the molecule is CCC/C=C\C=C1/N(C)CCN1Cc1ccc(C(=N)N)cc1F. The Hall–Kier alpha value is -2.30. The summed E-state index contributed by atoms with van der Waals surface area (Å²) in [4.78, 5) is 4.35. The van der Waals surface area contributed by atoms with Gasteiger partial charge < -0.3 is 15.5 Å². The van der Waals surface area contributed by atoms with Crippen LogP contribution in [0.4, 0.5) is 4.39 Å². The summed E-state index contributed by atoms with van der Waals surface area (Å²) in [5.74, 6) is 0.679. The van der Waals surface area contributed by atoms with Gasteiger partial charge in [-0.05, 0) is 18.6 Å². The summed E-state index contributed by atoms with van der Waals surface area (Å²) in [5.41, 5.74) is 6.44. The minimum absolute atomic E-state index is 0.113. The first kappa shape index (κ1) is 17.1. The van der Waals surface area contributed by atoms with Gasteiger partial charge in [-0.1, -0.05) is 37.6 Å². The highest BCUT2D eigenvalue weighted by atomic mass is 19.1. The van der Waals surface area contributed by atoms with Gasteiger partial charge in [0.25, 0.3) is 0 Å². The third kappa shape index (κ3) is 4.34. The fourth-order valence-electron chi connectivity index (χ4n) is 2.60. The maximum Gasteiger partial charge on any atom is 0.128 e. The molecule has 1 fully saturated rings. The first-order valence-corrected chi connectivity index (χ1v) is 7.98. The van der Waals surface area contributed by atoms with Crippen molar-refractivity contribution in [3.05, 3.63) is 59.2 Å². The lowest BCUT2D eigenvalue weighted by molar-refractivity contribution is 0.353. The van der Waals surface area contributed by atoms with E-state index in [1.165, 1.54) is 6.07 Å². The summed E-state index contributed by atoms with van der Waals surface area (Å²) in [6.07, 6.45) is 8.51. The van der Waals surface area contributed by atoms with E-state index >= 15 is 0 Å². The molecule has 0 aliphatic carbocycles. The molecule has 1 saturated heterocycles. The van der Waals surface area contributed by atoms with Gasteiger partial charge in [-0.25, -0.2) is 4.39 Å². The van der Waals surface area contributed by atoms with E-state index in [1.54, 1.807) is 12.1 Å². The van der Waals surface area contributed by atoms with Crippen LogP contribution in [0.5, 0.6) is 0 Å². The van der Waals surface area contributed by atoms with Crippen molar-refractivity contribution in [2.75, 3.05) is 20.1 Å². The third-order valence-corrected chi connectivity index (χ3v) is 3.98. The number of nitrogens with one attached hydrogen (secondary N) is 1. The van der Waals surface area contributed by atoms with Crippen LogP contribution in [0.3, 0.4) is 0 Å². The first-order valence-electron chi connectivity index (χ1n) is 7.98. The smallest absolute Gasteiger partial charge is 0.128 e. The summed E-state index contributed by atoms with van der Waals surface area (Å²) in [6, 6.07) is 4.75. The minimum atomic E-state index is -0.312. The van der Waals surface area contributed by atoms with Crippen molar-refractivity contribution in [2.24, 2.45) is 5.73 Å². The first-order chi connectivity index (χ1) is 11.0. The van der Waals surface area contributed by atoms with Crippen molar-refractivity contribution >= 4 is 5.84 Å². The van der Waals surface area contributed by atoms with Crippen LogP contribution in [0.25, 0.3) is 0 Å². The molecule has 0 aromatic heterocycles. The third-order valence-electron chi connectivity index (χ3n) is 3.98. The number of amidine groups is 1. The molecule has 0 unspecified atom stereocenters. The molecule has 0 amide bonds. The molecule has 0 saturated carbocycles. The second-order valence-corrected chi connectivity index (χ2v) is 5.80. The summed E-state index contributed by atoms with van der Waals surface area (Å²) in [6.45, 7) is 4.47. The molecular formula is C18H25FN4. The van der Waals surface area contributed by atoms with Gasteiger partial charge in [0.15, 0.2) is 0 Å². The summed E-state index contributed by atoms with van der Waals surface area (Å²) < 4.78 is 14.2. The fraction of sp³-hybridized carbons (Fsp3) is 0.389. The van der Waals surface area contributed by atoms with E-state index in [2.05, 4.69) is 42.0 Å². The molecule has 124 valence electrons. The van der Waals surface area contributed by atoms with E-state index in [0.717, 1.165) is 31.8 Å². The fourth-order valence-corrected chi connectivity index (χ4v) is 2.60. The second kappa shape index (κ2) is 7.81. The van der Waals surface area contributed by atoms with Crippen molar-refractivity contribution in [3.63, 3.8) is 0 Å². The number of benzene rings is 1. The number of nitrogen functional groups attached to an aromatic ring is 1. The van der Waals surface area contributed by atoms with Crippen molar-refractivity contribution < 1.29 is 4.39 Å². The lowest BCUT2D eigenvalue weighted by Crippen LogP contribution is -2.21. The molecule has 0 spiro atoms. The van der Waals surface area contributed by atoms with Crippen LogP contribution >= 0.6 is 0 Å². The number of unbranched alkanes of at least 4 members (excludes halogenated alkanes) is 1. The Morgan fingerprint density at radius 1 is 1.39 bits per heavy atom. The van der Waals surface area contributed by atoms with Crippen molar-refractivity contribution in [3.8, 4) is 0 Å². The van der Waals surface area contributed by atoms with Gasteiger partial charge in [-0.2, -0.15) is 0 Å². The lowest BCUT2D eigenvalue weighted by atomic mass is 10.1. The van der Waals surface area contributed by atoms with E-state index < -0.39 is 0 Å². The Bertz CT molecular complexity index is 621.